The lowest BCUT2D eigenvalue weighted by atomic mass is 10.1. The van der Waals surface area contributed by atoms with Crippen LogP contribution in [0.3, 0.4) is 0 Å². The summed E-state index contributed by atoms with van der Waals surface area (Å²) in [4.78, 5) is 24.9. The van der Waals surface area contributed by atoms with Crippen LogP contribution < -0.4 is 10.6 Å². The summed E-state index contributed by atoms with van der Waals surface area (Å²) in [6, 6.07) is 10.7. The van der Waals surface area contributed by atoms with Crippen molar-refractivity contribution in [3.63, 3.8) is 0 Å². The summed E-state index contributed by atoms with van der Waals surface area (Å²) in [5.41, 5.74) is 0.658. The molecule has 2 amide bonds. The van der Waals surface area contributed by atoms with Crippen molar-refractivity contribution in [2.75, 3.05) is 10.6 Å². The first kappa shape index (κ1) is 19.9. The van der Waals surface area contributed by atoms with Gasteiger partial charge in [0, 0.05) is 10.6 Å². The van der Waals surface area contributed by atoms with E-state index in [-0.39, 0.29) is 22.6 Å². The van der Waals surface area contributed by atoms with Crippen molar-refractivity contribution in [2.24, 2.45) is 0 Å². The van der Waals surface area contributed by atoms with Gasteiger partial charge in [-0.1, -0.05) is 48.1 Å². The van der Waals surface area contributed by atoms with Gasteiger partial charge >= 0.3 is 0 Å². The molecule has 28 heavy (non-hydrogen) atoms. The highest BCUT2D eigenvalue weighted by atomic mass is 35.5. The number of rotatable bonds is 6. The fraction of sp³-hybridized carbons (Fsp3) is 0.158. The fourth-order valence-corrected chi connectivity index (χ4v) is 3.36. The second-order valence-corrected chi connectivity index (χ2v) is 7.25. The minimum Gasteiger partial charge on any atom is -0.325 e. The van der Waals surface area contributed by atoms with Crippen molar-refractivity contribution in [1.29, 1.82) is 0 Å². The molecular formula is C19H16ClFN4O2S. The van der Waals surface area contributed by atoms with Crippen molar-refractivity contribution in [3.8, 4) is 0 Å². The molecule has 0 spiro atoms. The number of para-hydroxylation sites is 1. The third-order valence-corrected chi connectivity index (χ3v) is 5.17. The van der Waals surface area contributed by atoms with E-state index in [1.54, 1.807) is 24.3 Å². The Kier molecular flexibility index (Phi) is 6.33. The number of anilines is 2. The van der Waals surface area contributed by atoms with E-state index in [2.05, 4.69) is 20.8 Å². The van der Waals surface area contributed by atoms with Gasteiger partial charge in [-0.15, -0.1) is 10.2 Å². The lowest BCUT2D eigenvalue weighted by molar-refractivity contribution is -0.115. The molecule has 0 unspecified atom stereocenters. The number of hydrogen-bond donors (Lipinski definition) is 2. The highest BCUT2D eigenvalue weighted by Gasteiger charge is 2.17. The van der Waals surface area contributed by atoms with E-state index in [0.717, 1.165) is 11.4 Å². The summed E-state index contributed by atoms with van der Waals surface area (Å²) in [6.07, 6.45) is 0.469. The summed E-state index contributed by atoms with van der Waals surface area (Å²) < 4.78 is 13.9. The van der Waals surface area contributed by atoms with E-state index in [1.807, 2.05) is 6.92 Å². The summed E-state index contributed by atoms with van der Waals surface area (Å²) in [6.45, 7) is 1.94. The van der Waals surface area contributed by atoms with Crippen LogP contribution in [-0.4, -0.2) is 22.0 Å². The molecule has 3 aromatic rings. The zero-order chi connectivity index (χ0) is 20.1. The van der Waals surface area contributed by atoms with Crippen LogP contribution in [0.5, 0.6) is 0 Å². The minimum absolute atomic E-state index is 0.101. The summed E-state index contributed by atoms with van der Waals surface area (Å²) in [5.74, 6) is -1.48. The van der Waals surface area contributed by atoms with Gasteiger partial charge in [-0.25, -0.2) is 4.39 Å². The van der Waals surface area contributed by atoms with Gasteiger partial charge in [-0.3, -0.25) is 14.9 Å². The predicted molar refractivity (Wildman–Crippen MR) is 107 cm³/mol. The molecule has 0 aliphatic rings. The summed E-state index contributed by atoms with van der Waals surface area (Å²) in [5, 5.41) is 14.5. The molecule has 1 heterocycles. The maximum absolute atomic E-state index is 13.9. The van der Waals surface area contributed by atoms with Crippen LogP contribution in [0.25, 0.3) is 0 Å². The number of benzene rings is 2. The summed E-state index contributed by atoms with van der Waals surface area (Å²) in [7, 11) is 0. The van der Waals surface area contributed by atoms with E-state index in [9.17, 15) is 14.0 Å². The van der Waals surface area contributed by atoms with Crippen LogP contribution in [0.4, 0.5) is 15.2 Å². The molecule has 0 aliphatic heterocycles. The van der Waals surface area contributed by atoms with Crippen molar-refractivity contribution in [2.45, 2.75) is 19.8 Å². The molecule has 2 aromatic carbocycles. The van der Waals surface area contributed by atoms with E-state index in [0.29, 0.717) is 10.8 Å². The maximum atomic E-state index is 13.9. The largest absolute Gasteiger partial charge is 0.325 e. The number of carbonyl (C=O) groups excluding carboxylic acids is 2. The molecule has 2 N–H and O–H groups in total. The third kappa shape index (κ3) is 4.71. The van der Waals surface area contributed by atoms with Gasteiger partial charge < -0.3 is 5.32 Å². The van der Waals surface area contributed by atoms with Gasteiger partial charge in [0.1, 0.15) is 10.8 Å². The van der Waals surface area contributed by atoms with Crippen LogP contribution in [0.1, 0.15) is 27.9 Å². The number of aromatic nitrogens is 2. The SMILES string of the molecule is CCc1nnc(NC(=O)c2ccccc2NC(=O)Cc2c(F)cccc2Cl)s1. The van der Waals surface area contributed by atoms with Gasteiger partial charge in [0.05, 0.1) is 17.7 Å². The van der Waals surface area contributed by atoms with Crippen molar-refractivity contribution < 1.29 is 14.0 Å². The van der Waals surface area contributed by atoms with E-state index < -0.39 is 17.6 Å². The number of halogens is 2. The Morgan fingerprint density at radius 2 is 1.89 bits per heavy atom. The molecule has 0 fully saturated rings. The Morgan fingerprint density at radius 3 is 2.61 bits per heavy atom. The quantitative estimate of drug-likeness (QED) is 0.624. The number of amides is 2. The molecule has 0 bridgehead atoms. The average Bonchev–Trinajstić information content (AvgIpc) is 3.13. The van der Waals surface area contributed by atoms with Gasteiger partial charge in [0.25, 0.3) is 5.91 Å². The molecule has 3 rings (SSSR count). The maximum Gasteiger partial charge on any atom is 0.259 e. The highest BCUT2D eigenvalue weighted by molar-refractivity contribution is 7.15. The lowest BCUT2D eigenvalue weighted by Crippen LogP contribution is -2.20. The molecular weight excluding hydrogens is 403 g/mol. The van der Waals surface area contributed by atoms with Crippen molar-refractivity contribution >= 4 is 45.6 Å². The second-order valence-electron chi connectivity index (χ2n) is 5.78. The topological polar surface area (TPSA) is 84.0 Å². The molecule has 1 aromatic heterocycles. The average molecular weight is 419 g/mol. The smallest absolute Gasteiger partial charge is 0.259 e. The van der Waals surface area contributed by atoms with E-state index in [1.165, 1.54) is 29.5 Å². The van der Waals surface area contributed by atoms with E-state index >= 15 is 0 Å². The van der Waals surface area contributed by atoms with Crippen molar-refractivity contribution in [1.82, 2.24) is 10.2 Å². The van der Waals surface area contributed by atoms with Crippen LogP contribution in [0.2, 0.25) is 5.02 Å². The van der Waals surface area contributed by atoms with Gasteiger partial charge in [-0.2, -0.15) is 0 Å². The first-order valence-electron chi connectivity index (χ1n) is 8.43. The Hall–Kier alpha value is -2.84. The zero-order valence-corrected chi connectivity index (χ0v) is 16.4. The van der Waals surface area contributed by atoms with Crippen LogP contribution in [-0.2, 0) is 17.6 Å². The monoisotopic (exact) mass is 418 g/mol. The molecule has 6 nitrogen and oxygen atoms in total. The zero-order valence-electron chi connectivity index (χ0n) is 14.8. The first-order valence-corrected chi connectivity index (χ1v) is 9.63. The Bertz CT molecular complexity index is 1000. The Morgan fingerprint density at radius 1 is 1.11 bits per heavy atom. The molecule has 0 atom stereocenters. The predicted octanol–water partition coefficient (Wildman–Crippen LogP) is 4.33. The standard InChI is InChI=1S/C19H16ClFN4O2S/c1-2-17-24-25-19(28-17)23-18(27)11-6-3-4-9-15(11)22-16(26)10-12-13(20)7-5-8-14(12)21/h3-9H,2,10H2,1H3,(H,22,26)(H,23,25,27). The first-order chi connectivity index (χ1) is 13.5. The van der Waals surface area contributed by atoms with Crippen LogP contribution in [0.15, 0.2) is 42.5 Å². The molecule has 0 saturated carbocycles. The number of nitrogens with one attached hydrogen (secondary N) is 2. The number of carbonyl (C=O) groups is 2. The molecule has 9 heteroatoms. The molecule has 144 valence electrons. The number of nitrogens with zero attached hydrogens (tertiary/aromatic N) is 2. The van der Waals surface area contributed by atoms with Crippen LogP contribution in [0, 0.1) is 5.82 Å². The second kappa shape index (κ2) is 8.90. The summed E-state index contributed by atoms with van der Waals surface area (Å²) >= 11 is 7.25. The van der Waals surface area contributed by atoms with E-state index in [4.69, 9.17) is 11.6 Å². The van der Waals surface area contributed by atoms with Gasteiger partial charge in [-0.05, 0) is 30.7 Å². The lowest BCUT2D eigenvalue weighted by Gasteiger charge is -2.11. The van der Waals surface area contributed by atoms with Crippen LogP contribution >= 0.6 is 22.9 Å². The van der Waals surface area contributed by atoms with Gasteiger partial charge in [0.15, 0.2) is 0 Å². The van der Waals surface area contributed by atoms with Crippen molar-refractivity contribution in [3.05, 3.63) is 69.4 Å². The molecule has 0 aliphatic carbocycles. The molecule has 0 radical (unpaired) electrons. The normalized spacial score (nSPS) is 10.5. The Balaban J connectivity index is 1.74. The fourth-order valence-electron chi connectivity index (χ4n) is 2.46. The molecule has 0 saturated heterocycles. The van der Waals surface area contributed by atoms with Gasteiger partial charge in [0.2, 0.25) is 11.0 Å². The number of hydrogen-bond acceptors (Lipinski definition) is 5. The highest BCUT2D eigenvalue weighted by Crippen LogP contribution is 2.22. The Labute approximate surface area is 169 Å². The number of aryl methyl sites for hydroxylation is 1. The minimum atomic E-state index is -0.559. The third-order valence-electron chi connectivity index (χ3n) is 3.83.